The largest absolute Gasteiger partial charge is 0.378 e. The van der Waals surface area contributed by atoms with Crippen molar-refractivity contribution in [3.63, 3.8) is 0 Å². The zero-order chi connectivity index (χ0) is 21.5. The maximum absolute atomic E-state index is 13.3. The van der Waals surface area contributed by atoms with Crippen LogP contribution in [-0.2, 0) is 4.74 Å². The number of ether oxygens (including phenoxy) is 1. The summed E-state index contributed by atoms with van der Waals surface area (Å²) in [7, 11) is 0. The minimum absolute atomic E-state index is 0.164. The third kappa shape index (κ3) is 3.60. The van der Waals surface area contributed by atoms with Gasteiger partial charge >= 0.3 is 0 Å². The molecule has 0 N–H and O–H groups in total. The molecule has 0 bridgehead atoms. The van der Waals surface area contributed by atoms with Crippen LogP contribution in [0, 0.1) is 13.8 Å². The Morgan fingerprint density at radius 1 is 1.03 bits per heavy atom. The molecule has 162 valence electrons. The number of carbonyl (C=O) groups excluding carboxylic acids is 1. The number of hydrogen-bond acceptors (Lipinski definition) is 9. The number of rotatable bonds is 5. The Labute approximate surface area is 180 Å². The summed E-state index contributed by atoms with van der Waals surface area (Å²) in [6, 6.07) is 2.02. The van der Waals surface area contributed by atoms with Gasteiger partial charge in [0.15, 0.2) is 5.65 Å². The van der Waals surface area contributed by atoms with Crippen LogP contribution in [0.15, 0.2) is 12.3 Å². The average molecular weight is 422 g/mol. The molecule has 3 aromatic heterocycles. The lowest BCUT2D eigenvalue weighted by atomic mass is 10.1. The van der Waals surface area contributed by atoms with E-state index in [1.807, 2.05) is 26.8 Å². The highest BCUT2D eigenvalue weighted by Gasteiger charge is 2.28. The van der Waals surface area contributed by atoms with Crippen LogP contribution in [0.25, 0.3) is 5.65 Å². The maximum atomic E-state index is 13.3. The van der Waals surface area contributed by atoms with Gasteiger partial charge < -0.3 is 14.5 Å². The molecule has 10 nitrogen and oxygen atoms in total. The molecule has 2 saturated heterocycles. The van der Waals surface area contributed by atoms with E-state index in [0.29, 0.717) is 24.7 Å². The van der Waals surface area contributed by atoms with Crippen molar-refractivity contribution >= 4 is 23.1 Å². The summed E-state index contributed by atoms with van der Waals surface area (Å²) in [5.74, 6) is 1.62. The zero-order valence-corrected chi connectivity index (χ0v) is 18.1. The van der Waals surface area contributed by atoms with E-state index in [1.165, 1.54) is 0 Å². The van der Waals surface area contributed by atoms with E-state index in [9.17, 15) is 4.79 Å². The Hall–Kier alpha value is -3.14. The molecule has 2 aliphatic rings. The van der Waals surface area contributed by atoms with Crippen molar-refractivity contribution in [2.75, 3.05) is 49.2 Å². The molecule has 5 heterocycles. The van der Waals surface area contributed by atoms with Gasteiger partial charge in [0, 0.05) is 38.4 Å². The summed E-state index contributed by atoms with van der Waals surface area (Å²) in [5, 5.41) is 4.44. The second kappa shape index (κ2) is 7.84. The molecule has 5 rings (SSSR count). The Kier molecular flexibility index (Phi) is 5.01. The van der Waals surface area contributed by atoms with Gasteiger partial charge in [-0.25, -0.2) is 19.5 Å². The SMILES string of the molecule is Cc1ncc(C)n2nc(C(=O)C(C)c3nc(N4CCC4)cc(N4CCOCC4)n3)nc12. The molecule has 2 aliphatic heterocycles. The monoisotopic (exact) mass is 422 g/mol. The van der Waals surface area contributed by atoms with Crippen LogP contribution in [0.2, 0.25) is 0 Å². The third-order valence-corrected chi connectivity index (χ3v) is 5.94. The fraction of sp³-hybridized carbons (Fsp3) is 0.524. The number of morpholine rings is 1. The van der Waals surface area contributed by atoms with E-state index >= 15 is 0 Å². The van der Waals surface area contributed by atoms with Crippen LogP contribution >= 0.6 is 0 Å². The second-order valence-corrected chi connectivity index (χ2v) is 8.12. The van der Waals surface area contributed by atoms with Gasteiger partial charge in [-0.2, -0.15) is 0 Å². The summed E-state index contributed by atoms with van der Waals surface area (Å²) in [6.45, 7) is 10.4. The predicted octanol–water partition coefficient (Wildman–Crippen LogP) is 1.56. The molecule has 2 fully saturated rings. The number of anilines is 2. The third-order valence-electron chi connectivity index (χ3n) is 5.94. The van der Waals surface area contributed by atoms with E-state index in [-0.39, 0.29) is 11.6 Å². The lowest BCUT2D eigenvalue weighted by Crippen LogP contribution is -2.40. The normalized spacial score (nSPS) is 17.6. The van der Waals surface area contributed by atoms with Gasteiger partial charge in [-0.3, -0.25) is 9.78 Å². The molecule has 0 aromatic carbocycles. The van der Waals surface area contributed by atoms with Crippen LogP contribution < -0.4 is 9.80 Å². The second-order valence-electron chi connectivity index (χ2n) is 8.12. The van der Waals surface area contributed by atoms with Crippen molar-refractivity contribution in [3.8, 4) is 0 Å². The average Bonchev–Trinajstić information content (AvgIpc) is 3.21. The number of ketones is 1. The van der Waals surface area contributed by atoms with Gasteiger partial charge in [0.2, 0.25) is 11.6 Å². The summed E-state index contributed by atoms with van der Waals surface area (Å²) in [4.78, 5) is 36.0. The molecule has 0 aliphatic carbocycles. The van der Waals surface area contributed by atoms with Crippen molar-refractivity contribution < 1.29 is 9.53 Å². The van der Waals surface area contributed by atoms with Crippen molar-refractivity contribution in [1.29, 1.82) is 0 Å². The van der Waals surface area contributed by atoms with Crippen molar-refractivity contribution in [2.24, 2.45) is 0 Å². The van der Waals surface area contributed by atoms with Crippen LogP contribution in [0.3, 0.4) is 0 Å². The van der Waals surface area contributed by atoms with Crippen LogP contribution in [0.4, 0.5) is 11.6 Å². The number of aromatic nitrogens is 6. The minimum atomic E-state index is -0.563. The maximum Gasteiger partial charge on any atom is 0.219 e. The van der Waals surface area contributed by atoms with Crippen molar-refractivity contribution in [3.05, 3.63) is 35.3 Å². The highest BCUT2D eigenvalue weighted by atomic mass is 16.5. The van der Waals surface area contributed by atoms with E-state index < -0.39 is 5.92 Å². The predicted molar refractivity (Wildman–Crippen MR) is 115 cm³/mol. The molecule has 1 atom stereocenters. The topological polar surface area (TPSA) is 102 Å². The first-order chi connectivity index (χ1) is 15.0. The van der Waals surface area contributed by atoms with E-state index in [4.69, 9.17) is 14.7 Å². The smallest absolute Gasteiger partial charge is 0.219 e. The fourth-order valence-corrected chi connectivity index (χ4v) is 3.81. The quantitative estimate of drug-likeness (QED) is 0.567. The standard InChI is InChI=1S/C21H26N8O2/c1-13-12-22-15(3)21-25-20(26-29(13)21)18(30)14(2)19-23-16(27-5-4-6-27)11-17(24-19)28-7-9-31-10-8-28/h11-12,14H,4-10H2,1-3H3. The van der Waals surface area contributed by atoms with E-state index in [0.717, 1.165) is 55.6 Å². The number of Topliss-reactive ketones (excluding diaryl/α,β-unsaturated/α-hetero) is 1. The van der Waals surface area contributed by atoms with Gasteiger partial charge in [-0.15, -0.1) is 5.10 Å². The molecule has 0 amide bonds. The molecule has 10 heteroatoms. The van der Waals surface area contributed by atoms with E-state index in [1.54, 1.807) is 10.7 Å². The highest BCUT2D eigenvalue weighted by Crippen LogP contribution is 2.27. The Morgan fingerprint density at radius 3 is 2.32 bits per heavy atom. The molecular formula is C21H26N8O2. The lowest BCUT2D eigenvalue weighted by Gasteiger charge is -2.34. The number of nitrogens with zero attached hydrogens (tertiary/aromatic N) is 8. The Morgan fingerprint density at radius 2 is 1.71 bits per heavy atom. The Bertz CT molecular complexity index is 1090. The molecule has 3 aromatic rings. The van der Waals surface area contributed by atoms with Gasteiger partial charge in [-0.1, -0.05) is 0 Å². The zero-order valence-electron chi connectivity index (χ0n) is 18.1. The van der Waals surface area contributed by atoms with Crippen LogP contribution in [-0.4, -0.2) is 74.7 Å². The van der Waals surface area contributed by atoms with Gasteiger partial charge in [0.05, 0.1) is 30.5 Å². The lowest BCUT2D eigenvalue weighted by molar-refractivity contribution is 0.0952. The molecule has 0 spiro atoms. The number of hydrogen-bond donors (Lipinski definition) is 0. The molecule has 1 unspecified atom stereocenters. The molecule has 31 heavy (non-hydrogen) atoms. The van der Waals surface area contributed by atoms with Gasteiger partial charge in [-0.05, 0) is 27.2 Å². The summed E-state index contributed by atoms with van der Waals surface area (Å²) in [5.41, 5.74) is 2.15. The van der Waals surface area contributed by atoms with Crippen molar-refractivity contribution in [2.45, 2.75) is 33.1 Å². The Balaban J connectivity index is 1.50. The summed E-state index contributed by atoms with van der Waals surface area (Å²) in [6.07, 6.45) is 2.88. The van der Waals surface area contributed by atoms with Gasteiger partial charge in [0.1, 0.15) is 17.5 Å². The first kappa shape index (κ1) is 19.8. The highest BCUT2D eigenvalue weighted by molar-refractivity contribution is 5.97. The number of fused-ring (bicyclic) bond motifs is 1. The summed E-state index contributed by atoms with van der Waals surface area (Å²) < 4.78 is 7.14. The molecule has 0 saturated carbocycles. The fourth-order valence-electron chi connectivity index (χ4n) is 3.81. The summed E-state index contributed by atoms with van der Waals surface area (Å²) >= 11 is 0. The number of carbonyl (C=O) groups is 1. The number of aryl methyl sites for hydroxylation is 2. The molecular weight excluding hydrogens is 396 g/mol. The minimum Gasteiger partial charge on any atom is -0.378 e. The van der Waals surface area contributed by atoms with Crippen LogP contribution in [0.1, 0.15) is 47.1 Å². The van der Waals surface area contributed by atoms with Crippen molar-refractivity contribution in [1.82, 2.24) is 29.5 Å². The van der Waals surface area contributed by atoms with Gasteiger partial charge in [0.25, 0.3) is 0 Å². The van der Waals surface area contributed by atoms with Crippen LogP contribution in [0.5, 0.6) is 0 Å². The van der Waals surface area contributed by atoms with E-state index in [2.05, 4.69) is 24.9 Å². The first-order valence-electron chi connectivity index (χ1n) is 10.7. The first-order valence-corrected chi connectivity index (χ1v) is 10.7. The molecule has 0 radical (unpaired) electrons.